The first-order valence-corrected chi connectivity index (χ1v) is 6.90. The number of amides is 1. The normalized spacial score (nSPS) is 22.4. The molecule has 122 valence electrons. The quantitative estimate of drug-likeness (QED) is 0.780. The minimum Gasteiger partial charge on any atom is -0.392 e. The summed E-state index contributed by atoms with van der Waals surface area (Å²) >= 11 is 0. The molecule has 1 fully saturated rings. The van der Waals surface area contributed by atoms with E-state index in [9.17, 15) is 9.90 Å². The monoisotopic (exact) mass is 329 g/mol. The molecular weight excluding hydrogens is 301 g/mol. The van der Waals surface area contributed by atoms with Crippen molar-refractivity contribution in [1.29, 1.82) is 0 Å². The molecule has 0 aliphatic carbocycles. The zero-order chi connectivity index (χ0) is 13.7. The molecule has 3 unspecified atom stereocenters. The van der Waals surface area contributed by atoms with Gasteiger partial charge in [-0.15, -0.1) is 24.8 Å². The van der Waals surface area contributed by atoms with Crippen molar-refractivity contribution in [3.05, 3.63) is 0 Å². The summed E-state index contributed by atoms with van der Waals surface area (Å²) in [4.78, 5) is 16.3. The lowest BCUT2D eigenvalue weighted by atomic mass is 10.1. The maximum Gasteiger partial charge on any atom is 0.226 e. The van der Waals surface area contributed by atoms with Gasteiger partial charge in [0.05, 0.1) is 6.10 Å². The second kappa shape index (κ2) is 10.6. The van der Waals surface area contributed by atoms with Gasteiger partial charge in [0.1, 0.15) is 0 Å². The van der Waals surface area contributed by atoms with Gasteiger partial charge in [-0.05, 0) is 13.3 Å². The molecule has 0 aromatic rings. The van der Waals surface area contributed by atoms with E-state index in [-0.39, 0.29) is 42.7 Å². The highest BCUT2D eigenvalue weighted by molar-refractivity contribution is 5.85. The van der Waals surface area contributed by atoms with Crippen LogP contribution in [0.1, 0.15) is 27.2 Å². The first-order valence-electron chi connectivity index (χ1n) is 6.90. The molecule has 0 aromatic heterocycles. The minimum atomic E-state index is -0.315. The van der Waals surface area contributed by atoms with E-state index in [1.54, 1.807) is 6.92 Å². The van der Waals surface area contributed by atoms with Crippen LogP contribution in [0, 0.1) is 5.92 Å². The standard InChI is InChI=1S/C13H27N3O2.2ClH/c1-4-12-9-16(13(18)10(2)7-14)6-5-15(12)8-11(3)17;;/h10-12,17H,4-9,14H2,1-3H3;2*1H. The van der Waals surface area contributed by atoms with Gasteiger partial charge in [0, 0.05) is 44.7 Å². The lowest BCUT2D eigenvalue weighted by Gasteiger charge is -2.42. The summed E-state index contributed by atoms with van der Waals surface area (Å²) in [5.41, 5.74) is 5.55. The minimum absolute atomic E-state index is 0. The predicted molar refractivity (Wildman–Crippen MR) is 86.6 cm³/mol. The number of hydrogen-bond donors (Lipinski definition) is 2. The van der Waals surface area contributed by atoms with Gasteiger partial charge in [-0.2, -0.15) is 0 Å². The third kappa shape index (κ3) is 6.14. The van der Waals surface area contributed by atoms with Crippen molar-refractivity contribution < 1.29 is 9.90 Å². The lowest BCUT2D eigenvalue weighted by Crippen LogP contribution is -2.57. The lowest BCUT2D eigenvalue weighted by molar-refractivity contribution is -0.138. The van der Waals surface area contributed by atoms with Crippen LogP contribution in [0.15, 0.2) is 0 Å². The number of carbonyl (C=O) groups excluding carboxylic acids is 1. The fourth-order valence-electron chi connectivity index (χ4n) is 2.47. The number of aliphatic hydroxyl groups is 1. The van der Waals surface area contributed by atoms with E-state index < -0.39 is 0 Å². The van der Waals surface area contributed by atoms with E-state index in [4.69, 9.17) is 5.73 Å². The molecule has 0 spiro atoms. The SMILES string of the molecule is CCC1CN(C(=O)C(C)CN)CCN1CC(C)O.Cl.Cl. The number of carbonyl (C=O) groups is 1. The third-order valence-corrected chi connectivity index (χ3v) is 3.66. The smallest absolute Gasteiger partial charge is 0.226 e. The van der Waals surface area contributed by atoms with Crippen molar-refractivity contribution in [1.82, 2.24) is 9.80 Å². The third-order valence-electron chi connectivity index (χ3n) is 3.66. The molecule has 3 N–H and O–H groups in total. The average Bonchev–Trinajstić information content (AvgIpc) is 2.36. The Labute approximate surface area is 134 Å². The largest absolute Gasteiger partial charge is 0.392 e. The molecule has 20 heavy (non-hydrogen) atoms. The summed E-state index contributed by atoms with van der Waals surface area (Å²) in [5, 5.41) is 9.48. The second-order valence-corrected chi connectivity index (χ2v) is 5.33. The van der Waals surface area contributed by atoms with Crippen molar-refractivity contribution in [3.63, 3.8) is 0 Å². The van der Waals surface area contributed by atoms with Crippen LogP contribution >= 0.6 is 24.8 Å². The number of aliphatic hydroxyl groups excluding tert-OH is 1. The molecule has 1 heterocycles. The molecule has 1 aliphatic rings. The molecule has 3 atom stereocenters. The summed E-state index contributed by atoms with van der Waals surface area (Å²) < 4.78 is 0. The molecule has 1 amide bonds. The molecule has 0 aromatic carbocycles. The number of piperazine rings is 1. The van der Waals surface area contributed by atoms with E-state index in [1.165, 1.54) is 0 Å². The highest BCUT2D eigenvalue weighted by atomic mass is 35.5. The van der Waals surface area contributed by atoms with Crippen molar-refractivity contribution in [2.24, 2.45) is 11.7 Å². The molecule has 1 saturated heterocycles. The number of nitrogens with two attached hydrogens (primary N) is 1. The van der Waals surface area contributed by atoms with Gasteiger partial charge >= 0.3 is 0 Å². The summed E-state index contributed by atoms with van der Waals surface area (Å²) in [6.45, 7) is 9.24. The maximum absolute atomic E-state index is 12.1. The molecule has 0 saturated carbocycles. The molecule has 0 radical (unpaired) electrons. The van der Waals surface area contributed by atoms with E-state index in [1.807, 2.05) is 11.8 Å². The van der Waals surface area contributed by atoms with Crippen LogP contribution in [0.5, 0.6) is 0 Å². The molecule has 5 nitrogen and oxygen atoms in total. The zero-order valence-corrected chi connectivity index (χ0v) is 14.3. The van der Waals surface area contributed by atoms with Crippen LogP contribution in [-0.4, -0.2) is 65.7 Å². The van der Waals surface area contributed by atoms with Gasteiger partial charge in [0.2, 0.25) is 5.91 Å². The number of hydrogen-bond acceptors (Lipinski definition) is 4. The number of rotatable bonds is 5. The Kier molecular flexibility index (Phi) is 11.8. The Morgan fingerprint density at radius 2 is 1.95 bits per heavy atom. The Morgan fingerprint density at radius 1 is 1.35 bits per heavy atom. The Balaban J connectivity index is 0. The first kappa shape index (κ1) is 22.2. The van der Waals surface area contributed by atoms with Crippen molar-refractivity contribution in [2.75, 3.05) is 32.7 Å². The number of halogens is 2. The molecule has 1 rings (SSSR count). The van der Waals surface area contributed by atoms with Crippen LogP contribution < -0.4 is 5.73 Å². The van der Waals surface area contributed by atoms with Gasteiger partial charge in [-0.1, -0.05) is 13.8 Å². The van der Waals surface area contributed by atoms with Gasteiger partial charge in [-0.3, -0.25) is 9.69 Å². The summed E-state index contributed by atoms with van der Waals surface area (Å²) in [6.07, 6.45) is 0.678. The van der Waals surface area contributed by atoms with Gasteiger partial charge in [-0.25, -0.2) is 0 Å². The highest BCUT2D eigenvalue weighted by Crippen LogP contribution is 2.15. The van der Waals surface area contributed by atoms with Crippen LogP contribution in [-0.2, 0) is 4.79 Å². The summed E-state index contributed by atoms with van der Waals surface area (Å²) in [6, 6.07) is 0.349. The Hall–Kier alpha value is -0.0700. The van der Waals surface area contributed by atoms with E-state index in [2.05, 4.69) is 11.8 Å². The highest BCUT2D eigenvalue weighted by Gasteiger charge is 2.30. The first-order chi connectivity index (χ1) is 8.49. The van der Waals surface area contributed by atoms with Gasteiger partial charge < -0.3 is 15.7 Å². The second-order valence-electron chi connectivity index (χ2n) is 5.33. The van der Waals surface area contributed by atoms with Crippen molar-refractivity contribution in [2.45, 2.75) is 39.3 Å². The van der Waals surface area contributed by atoms with Crippen LogP contribution in [0.4, 0.5) is 0 Å². The summed E-state index contributed by atoms with van der Waals surface area (Å²) in [5.74, 6) is 0.0680. The molecule has 0 bridgehead atoms. The van der Waals surface area contributed by atoms with E-state index >= 15 is 0 Å². The van der Waals surface area contributed by atoms with Crippen LogP contribution in [0.2, 0.25) is 0 Å². The topological polar surface area (TPSA) is 69.8 Å². The summed E-state index contributed by atoms with van der Waals surface area (Å²) in [7, 11) is 0. The van der Waals surface area contributed by atoms with Gasteiger partial charge in [0.25, 0.3) is 0 Å². The average molecular weight is 330 g/mol. The van der Waals surface area contributed by atoms with Gasteiger partial charge in [0.15, 0.2) is 0 Å². The Bertz CT molecular complexity index is 280. The van der Waals surface area contributed by atoms with Crippen molar-refractivity contribution >= 4 is 30.7 Å². The fraction of sp³-hybridized carbons (Fsp3) is 0.923. The van der Waals surface area contributed by atoms with E-state index in [0.717, 1.165) is 26.1 Å². The zero-order valence-electron chi connectivity index (χ0n) is 12.6. The van der Waals surface area contributed by atoms with E-state index in [0.29, 0.717) is 19.1 Å². The maximum atomic E-state index is 12.1. The Morgan fingerprint density at radius 3 is 2.40 bits per heavy atom. The molecule has 1 aliphatic heterocycles. The number of nitrogens with zero attached hydrogens (tertiary/aromatic N) is 2. The molecular formula is C13H29Cl2N3O2. The fourth-order valence-corrected chi connectivity index (χ4v) is 2.47. The molecule has 7 heteroatoms. The van der Waals surface area contributed by atoms with Crippen LogP contribution in [0.25, 0.3) is 0 Å². The predicted octanol–water partition coefficient (Wildman–Crippen LogP) is 0.728. The number of β-amino-alcohol motifs (C(OH)–C–C–N with tert-alkyl or cyclic N) is 1. The van der Waals surface area contributed by atoms with Crippen LogP contribution in [0.3, 0.4) is 0 Å². The van der Waals surface area contributed by atoms with Crippen molar-refractivity contribution in [3.8, 4) is 0 Å².